The van der Waals surface area contributed by atoms with Crippen molar-refractivity contribution in [3.8, 4) is 0 Å². The molecule has 7 nitrogen and oxygen atoms in total. The zero-order valence-corrected chi connectivity index (χ0v) is 11.7. The molecule has 0 unspecified atom stereocenters. The molecule has 0 bridgehead atoms. The predicted molar refractivity (Wildman–Crippen MR) is 76.9 cm³/mol. The van der Waals surface area contributed by atoms with Gasteiger partial charge in [-0.15, -0.1) is 5.10 Å². The monoisotopic (exact) mass is 301 g/mol. The second-order valence-corrected chi connectivity index (χ2v) is 5.31. The summed E-state index contributed by atoms with van der Waals surface area (Å²) >= 11 is 0.951. The number of rotatable bonds is 4. The molecule has 1 aliphatic heterocycles. The molecule has 0 aliphatic carbocycles. The molecule has 0 radical (unpaired) electrons. The first-order valence-corrected chi connectivity index (χ1v) is 7.07. The summed E-state index contributed by atoms with van der Waals surface area (Å²) in [5.74, 6) is -0.276. The molecule has 2 aromatic rings. The minimum Gasteiger partial charge on any atom is -0.268 e. The molecule has 0 saturated carbocycles. The molecule has 0 N–H and O–H groups in total. The van der Waals surface area contributed by atoms with Gasteiger partial charge in [0, 0.05) is 6.54 Å². The van der Waals surface area contributed by atoms with Gasteiger partial charge in [-0.05, 0) is 33.8 Å². The van der Waals surface area contributed by atoms with E-state index in [0.717, 1.165) is 17.3 Å². The fourth-order valence-corrected chi connectivity index (χ4v) is 2.74. The number of hydrogen-bond acceptors (Lipinski definition) is 6. The van der Waals surface area contributed by atoms with Gasteiger partial charge in [0.15, 0.2) is 0 Å². The standard InChI is InChI=1S/C13H11N5O2S/c19-12-11(8-10-4-2-1-3-5-10)21-13(20)18(12)7-6-17-9-14-15-16-17/h1-5,8-9H,6-7H2. The van der Waals surface area contributed by atoms with Crippen LogP contribution in [0.2, 0.25) is 0 Å². The fourth-order valence-electron chi connectivity index (χ4n) is 1.88. The van der Waals surface area contributed by atoms with Gasteiger partial charge < -0.3 is 0 Å². The Bertz CT molecular complexity index is 684. The third-order valence-electron chi connectivity index (χ3n) is 2.92. The maximum Gasteiger partial charge on any atom is 0.293 e. The summed E-state index contributed by atoms with van der Waals surface area (Å²) < 4.78 is 1.48. The van der Waals surface area contributed by atoms with E-state index in [9.17, 15) is 9.59 Å². The molecule has 1 aromatic heterocycles. The average Bonchev–Trinajstić information content (AvgIpc) is 3.08. The summed E-state index contributed by atoms with van der Waals surface area (Å²) in [7, 11) is 0. The van der Waals surface area contributed by atoms with Crippen molar-refractivity contribution < 1.29 is 9.59 Å². The highest BCUT2D eigenvalue weighted by Gasteiger charge is 2.34. The second kappa shape index (κ2) is 5.88. The molecule has 8 heteroatoms. The van der Waals surface area contributed by atoms with Crippen LogP contribution in [0.1, 0.15) is 5.56 Å². The van der Waals surface area contributed by atoms with E-state index in [2.05, 4.69) is 15.5 Å². The molecule has 1 aromatic carbocycles. The van der Waals surface area contributed by atoms with Crippen LogP contribution >= 0.6 is 11.8 Å². The minimum atomic E-state index is -0.276. The molecule has 1 fully saturated rings. The van der Waals surface area contributed by atoms with Gasteiger partial charge in [-0.3, -0.25) is 14.5 Å². The maximum atomic E-state index is 12.2. The van der Waals surface area contributed by atoms with Gasteiger partial charge in [-0.25, -0.2) is 4.68 Å². The van der Waals surface area contributed by atoms with Crippen molar-refractivity contribution in [3.63, 3.8) is 0 Å². The van der Waals surface area contributed by atoms with Crippen LogP contribution in [0.4, 0.5) is 4.79 Å². The minimum absolute atomic E-state index is 0.252. The van der Waals surface area contributed by atoms with E-state index in [-0.39, 0.29) is 17.7 Å². The van der Waals surface area contributed by atoms with Gasteiger partial charge in [0.1, 0.15) is 6.33 Å². The third kappa shape index (κ3) is 3.00. The number of thioether (sulfide) groups is 1. The topological polar surface area (TPSA) is 81.0 Å². The van der Waals surface area contributed by atoms with Crippen LogP contribution in [0, 0.1) is 0 Å². The Balaban J connectivity index is 1.71. The lowest BCUT2D eigenvalue weighted by Crippen LogP contribution is -2.31. The van der Waals surface area contributed by atoms with Gasteiger partial charge in [0.2, 0.25) is 0 Å². The fraction of sp³-hybridized carbons (Fsp3) is 0.154. The Kier molecular flexibility index (Phi) is 3.78. The second-order valence-electron chi connectivity index (χ2n) is 4.32. The molecule has 0 spiro atoms. The Morgan fingerprint density at radius 3 is 2.67 bits per heavy atom. The Labute approximate surface area is 124 Å². The van der Waals surface area contributed by atoms with Crippen LogP contribution in [0.3, 0.4) is 0 Å². The quantitative estimate of drug-likeness (QED) is 0.794. The summed E-state index contributed by atoms with van der Waals surface area (Å²) in [5.41, 5.74) is 0.892. The average molecular weight is 301 g/mol. The van der Waals surface area contributed by atoms with Crippen LogP contribution in [-0.4, -0.2) is 42.8 Å². The van der Waals surface area contributed by atoms with Crippen molar-refractivity contribution in [2.75, 3.05) is 6.54 Å². The Morgan fingerprint density at radius 1 is 1.14 bits per heavy atom. The van der Waals surface area contributed by atoms with E-state index in [1.807, 2.05) is 30.3 Å². The molecule has 2 heterocycles. The van der Waals surface area contributed by atoms with E-state index in [1.54, 1.807) is 6.08 Å². The van der Waals surface area contributed by atoms with Gasteiger partial charge >= 0.3 is 0 Å². The van der Waals surface area contributed by atoms with E-state index in [4.69, 9.17) is 0 Å². The van der Waals surface area contributed by atoms with Gasteiger partial charge in [0.05, 0.1) is 11.4 Å². The molecule has 0 atom stereocenters. The summed E-state index contributed by atoms with van der Waals surface area (Å²) in [4.78, 5) is 25.8. The van der Waals surface area contributed by atoms with Gasteiger partial charge in [0.25, 0.3) is 11.1 Å². The number of imide groups is 1. The van der Waals surface area contributed by atoms with E-state index < -0.39 is 0 Å². The molecule has 2 amide bonds. The first kappa shape index (κ1) is 13.5. The number of aromatic nitrogens is 4. The molecular formula is C13H11N5O2S. The summed E-state index contributed by atoms with van der Waals surface area (Å²) in [6, 6.07) is 9.43. The SMILES string of the molecule is O=C1SC(=Cc2ccccc2)C(=O)N1CCn1cnnn1. The van der Waals surface area contributed by atoms with Crippen molar-refractivity contribution >= 4 is 29.0 Å². The summed E-state index contributed by atoms with van der Waals surface area (Å²) in [5, 5.41) is 10.4. The maximum absolute atomic E-state index is 12.2. The van der Waals surface area contributed by atoms with E-state index in [0.29, 0.717) is 11.4 Å². The van der Waals surface area contributed by atoms with Crippen LogP contribution in [-0.2, 0) is 11.3 Å². The lowest BCUT2D eigenvalue weighted by Gasteiger charge is -2.11. The zero-order valence-electron chi connectivity index (χ0n) is 10.9. The first-order valence-electron chi connectivity index (χ1n) is 6.25. The van der Waals surface area contributed by atoms with Crippen LogP contribution < -0.4 is 0 Å². The Hall–Kier alpha value is -2.48. The molecule has 3 rings (SSSR count). The number of amides is 2. The summed E-state index contributed by atoms with van der Waals surface area (Å²) in [6.07, 6.45) is 3.17. The van der Waals surface area contributed by atoms with Crippen molar-refractivity contribution in [2.24, 2.45) is 0 Å². The molecule has 106 valence electrons. The number of nitrogens with zero attached hydrogens (tertiary/aromatic N) is 5. The van der Waals surface area contributed by atoms with Gasteiger partial charge in [-0.1, -0.05) is 30.3 Å². The molecule has 21 heavy (non-hydrogen) atoms. The number of carbonyl (C=O) groups is 2. The van der Waals surface area contributed by atoms with E-state index in [1.165, 1.54) is 15.9 Å². The normalized spacial score (nSPS) is 17.0. The van der Waals surface area contributed by atoms with E-state index >= 15 is 0 Å². The first-order chi connectivity index (χ1) is 10.2. The van der Waals surface area contributed by atoms with Crippen molar-refractivity contribution in [1.29, 1.82) is 0 Å². The number of tetrazole rings is 1. The molecule has 1 aliphatic rings. The van der Waals surface area contributed by atoms with Crippen molar-refractivity contribution in [3.05, 3.63) is 47.1 Å². The highest BCUT2D eigenvalue weighted by atomic mass is 32.2. The van der Waals surface area contributed by atoms with Crippen molar-refractivity contribution in [1.82, 2.24) is 25.1 Å². The number of hydrogen-bond donors (Lipinski definition) is 0. The van der Waals surface area contributed by atoms with Crippen LogP contribution in [0.25, 0.3) is 6.08 Å². The highest BCUT2D eigenvalue weighted by Crippen LogP contribution is 2.31. The number of benzene rings is 1. The summed E-state index contributed by atoms with van der Waals surface area (Å²) in [6.45, 7) is 0.630. The van der Waals surface area contributed by atoms with Crippen molar-refractivity contribution in [2.45, 2.75) is 6.54 Å². The predicted octanol–water partition coefficient (Wildman–Crippen LogP) is 1.41. The van der Waals surface area contributed by atoms with Crippen LogP contribution in [0.5, 0.6) is 0 Å². The third-order valence-corrected chi connectivity index (χ3v) is 3.82. The smallest absolute Gasteiger partial charge is 0.268 e. The largest absolute Gasteiger partial charge is 0.293 e. The van der Waals surface area contributed by atoms with Gasteiger partial charge in [-0.2, -0.15) is 0 Å². The lowest BCUT2D eigenvalue weighted by molar-refractivity contribution is -0.122. The zero-order chi connectivity index (χ0) is 14.7. The molecular weight excluding hydrogens is 290 g/mol. The lowest BCUT2D eigenvalue weighted by atomic mass is 10.2. The molecule has 1 saturated heterocycles. The Morgan fingerprint density at radius 2 is 1.95 bits per heavy atom. The van der Waals surface area contributed by atoms with Crippen LogP contribution in [0.15, 0.2) is 41.6 Å². The highest BCUT2D eigenvalue weighted by molar-refractivity contribution is 8.18. The number of carbonyl (C=O) groups excluding carboxylic acids is 2.